The number of methoxy groups -OCH3 is 1. The lowest BCUT2D eigenvalue weighted by atomic mass is 9.91. The Bertz CT molecular complexity index is 1600. The molecule has 14 nitrogen and oxygen atoms in total. The van der Waals surface area contributed by atoms with Crippen molar-refractivity contribution in [1.29, 1.82) is 0 Å². The fraction of sp³-hybridized carbons (Fsp3) is 0.318. The molecule has 0 spiro atoms. The first-order chi connectivity index (χ1) is 17.2. The summed E-state index contributed by atoms with van der Waals surface area (Å²) in [6, 6.07) is 1.56. The van der Waals surface area contributed by atoms with Gasteiger partial charge in [0, 0.05) is 12.5 Å². The van der Waals surface area contributed by atoms with Gasteiger partial charge in [-0.2, -0.15) is 4.98 Å². The number of aryl methyl sites for hydroxylation is 1. The molecule has 0 unspecified atom stereocenters. The lowest BCUT2D eigenvalue weighted by molar-refractivity contribution is -0.114. The number of rotatable bonds is 4. The molecule has 1 amide bonds. The molecule has 1 fully saturated rings. The molecule has 186 valence electrons. The molecule has 4 heterocycles. The number of anilines is 3. The number of nitrogen functional groups attached to an aromatic ring is 2. The fourth-order valence-electron chi connectivity index (χ4n) is 5.28. The summed E-state index contributed by atoms with van der Waals surface area (Å²) in [5.41, 5.74) is 10.2. The van der Waals surface area contributed by atoms with Gasteiger partial charge in [0.25, 0.3) is 5.56 Å². The van der Waals surface area contributed by atoms with Crippen LogP contribution in [0.15, 0.2) is 20.1 Å². The zero-order valence-corrected chi connectivity index (χ0v) is 18.6. The second-order valence-electron chi connectivity index (χ2n) is 8.59. The number of fused-ring (bicyclic) bond motifs is 7. The van der Waals surface area contributed by atoms with Gasteiger partial charge in [0.05, 0.1) is 24.0 Å². The molecule has 3 aromatic rings. The molecule has 1 aliphatic carbocycles. The Kier molecular flexibility index (Phi) is 4.62. The minimum absolute atomic E-state index is 0.0185. The number of benzene rings is 1. The highest BCUT2D eigenvalue weighted by molar-refractivity contribution is 6.06. The smallest absolute Gasteiger partial charge is 0.347 e. The number of hydrogen-bond acceptors (Lipinski definition) is 12. The number of aliphatic hydroxyl groups excluding tert-OH is 1. The van der Waals surface area contributed by atoms with Crippen LogP contribution in [0.25, 0.3) is 11.0 Å². The molecule has 6 N–H and O–H groups in total. The summed E-state index contributed by atoms with van der Waals surface area (Å²) in [6.07, 6.45) is -3.21. The summed E-state index contributed by atoms with van der Waals surface area (Å²) in [6.45, 7) is 0. The molecular weight excluding hydrogens is 478 g/mol. The number of nitrogens with two attached hydrogens (primary N) is 2. The van der Waals surface area contributed by atoms with Gasteiger partial charge in [-0.15, -0.1) is 0 Å². The number of hydrogen-bond donors (Lipinski definition) is 4. The molecule has 4 atom stereocenters. The number of Topliss-reactive ketones (excluding diaryl/α,β-unsaturated/α-hetero) is 1. The van der Waals surface area contributed by atoms with E-state index in [0.717, 1.165) is 4.90 Å². The van der Waals surface area contributed by atoms with Crippen molar-refractivity contribution in [2.45, 2.75) is 37.4 Å². The van der Waals surface area contributed by atoms with Crippen LogP contribution in [0.5, 0.6) is 11.5 Å². The van der Waals surface area contributed by atoms with Crippen LogP contribution in [0.1, 0.15) is 33.8 Å². The van der Waals surface area contributed by atoms with Crippen molar-refractivity contribution in [3.05, 3.63) is 43.5 Å². The van der Waals surface area contributed by atoms with Crippen LogP contribution in [-0.4, -0.2) is 53.0 Å². The van der Waals surface area contributed by atoms with Gasteiger partial charge in [0.15, 0.2) is 23.5 Å². The van der Waals surface area contributed by atoms with E-state index in [1.54, 1.807) is 6.07 Å². The maximum absolute atomic E-state index is 12.7. The first-order valence-electron chi connectivity index (χ1n) is 10.9. The number of nitrogens with one attached hydrogen (secondary N) is 1. The lowest BCUT2D eigenvalue weighted by Crippen LogP contribution is -2.45. The van der Waals surface area contributed by atoms with Crippen LogP contribution in [0.2, 0.25) is 0 Å². The molecule has 14 heteroatoms. The second kappa shape index (κ2) is 7.53. The van der Waals surface area contributed by atoms with Gasteiger partial charge in [-0.05, 0) is 12.0 Å². The molecule has 2 aliphatic heterocycles. The lowest BCUT2D eigenvalue weighted by Gasteiger charge is -2.27. The summed E-state index contributed by atoms with van der Waals surface area (Å²) < 4.78 is 22.8. The number of ether oxygens (including phenoxy) is 3. The Labute approximate surface area is 200 Å². The number of H-pyrrole nitrogens is 1. The molecule has 0 saturated carbocycles. The summed E-state index contributed by atoms with van der Waals surface area (Å²) in [5.74, 6) is -1.28. The maximum Gasteiger partial charge on any atom is 0.347 e. The highest BCUT2D eigenvalue weighted by Crippen LogP contribution is 2.53. The maximum atomic E-state index is 12.7. The third-order valence-corrected chi connectivity index (χ3v) is 6.74. The molecule has 1 saturated heterocycles. The van der Waals surface area contributed by atoms with E-state index < -0.39 is 35.7 Å². The van der Waals surface area contributed by atoms with Crippen molar-refractivity contribution in [1.82, 2.24) is 9.97 Å². The van der Waals surface area contributed by atoms with E-state index in [0.29, 0.717) is 28.7 Å². The summed E-state index contributed by atoms with van der Waals surface area (Å²) in [7, 11) is 1.43. The van der Waals surface area contributed by atoms with E-state index in [1.165, 1.54) is 7.11 Å². The molecular formula is C22H19N5O9. The summed E-state index contributed by atoms with van der Waals surface area (Å²) >= 11 is 0. The Morgan fingerprint density at radius 2 is 2.06 bits per heavy atom. The van der Waals surface area contributed by atoms with E-state index in [-0.39, 0.29) is 53.0 Å². The van der Waals surface area contributed by atoms with E-state index >= 15 is 0 Å². The van der Waals surface area contributed by atoms with Gasteiger partial charge in [-0.25, -0.2) is 4.79 Å². The molecule has 1 aromatic carbocycles. The number of ketones is 1. The standard InChI is InChI=1S/C22H19N5O9/c1-33-8-4-9-12(16-11(8)6-2-3-7(29)10(6)20(32)35-16)13-15(30)19(36-21(13)34-9)27(5-28)14-17(23)25-22(24)26-18(14)31/h4-5,13,15,19,21,30H,2-3H2,1H3,(H5,23,24,25,26,31)/t13-,15-,19-,21+/m1/s1. The van der Waals surface area contributed by atoms with Gasteiger partial charge >= 0.3 is 5.63 Å². The summed E-state index contributed by atoms with van der Waals surface area (Å²) in [5, 5.41) is 11.7. The number of nitrogens with zero attached hydrogens (tertiary/aromatic N) is 2. The second-order valence-corrected chi connectivity index (χ2v) is 8.59. The number of amides is 1. The van der Waals surface area contributed by atoms with Crippen LogP contribution in [0.3, 0.4) is 0 Å². The quantitative estimate of drug-likeness (QED) is 0.262. The van der Waals surface area contributed by atoms with Crippen LogP contribution in [0, 0.1) is 0 Å². The third-order valence-electron chi connectivity index (χ3n) is 6.74. The Morgan fingerprint density at radius 1 is 1.28 bits per heavy atom. The van der Waals surface area contributed by atoms with Crippen molar-refractivity contribution in [3.63, 3.8) is 0 Å². The molecule has 0 bridgehead atoms. The highest BCUT2D eigenvalue weighted by Gasteiger charge is 2.55. The molecule has 3 aliphatic rings. The first kappa shape index (κ1) is 22.1. The number of aromatic nitrogens is 2. The van der Waals surface area contributed by atoms with Crippen LogP contribution in [-0.2, 0) is 16.0 Å². The summed E-state index contributed by atoms with van der Waals surface area (Å²) in [4.78, 5) is 56.3. The van der Waals surface area contributed by atoms with Gasteiger partial charge < -0.3 is 35.2 Å². The van der Waals surface area contributed by atoms with Crippen LogP contribution in [0.4, 0.5) is 17.5 Å². The van der Waals surface area contributed by atoms with E-state index in [4.69, 9.17) is 30.1 Å². The van der Waals surface area contributed by atoms with Crippen molar-refractivity contribution in [2.75, 3.05) is 23.5 Å². The SMILES string of the molecule is COc1cc2c(c3oc(=O)c4c(c13)CCC4=O)[C@H]1[C@@H](O2)O[C@@H](N(C=O)c2c(N)nc(N)[nH]c2=O)[C@@H]1O. The Morgan fingerprint density at radius 3 is 2.75 bits per heavy atom. The Hall–Kier alpha value is -4.43. The van der Waals surface area contributed by atoms with Crippen molar-refractivity contribution in [2.24, 2.45) is 0 Å². The zero-order valence-electron chi connectivity index (χ0n) is 18.6. The first-order valence-corrected chi connectivity index (χ1v) is 10.9. The molecule has 0 radical (unpaired) electrons. The minimum atomic E-state index is -1.45. The number of aromatic amines is 1. The number of aliphatic hydroxyl groups is 1. The average Bonchev–Trinajstić information content (AvgIpc) is 3.48. The largest absolute Gasteiger partial charge is 0.496 e. The molecule has 2 aromatic heterocycles. The van der Waals surface area contributed by atoms with Gasteiger partial charge in [0.1, 0.15) is 28.7 Å². The molecule has 36 heavy (non-hydrogen) atoms. The average molecular weight is 497 g/mol. The number of carbonyl (C=O) groups is 2. The van der Waals surface area contributed by atoms with Gasteiger partial charge in [0.2, 0.25) is 18.6 Å². The van der Waals surface area contributed by atoms with Crippen molar-refractivity contribution in [3.8, 4) is 11.5 Å². The monoisotopic (exact) mass is 497 g/mol. The number of carbonyl (C=O) groups excluding carboxylic acids is 2. The van der Waals surface area contributed by atoms with E-state index in [9.17, 15) is 24.3 Å². The van der Waals surface area contributed by atoms with Crippen LogP contribution < -0.4 is 37.0 Å². The predicted molar refractivity (Wildman–Crippen MR) is 122 cm³/mol. The topological polar surface area (TPSA) is 213 Å². The normalized spacial score (nSPS) is 23.8. The van der Waals surface area contributed by atoms with E-state index in [2.05, 4.69) is 9.97 Å². The minimum Gasteiger partial charge on any atom is -0.496 e. The highest BCUT2D eigenvalue weighted by atomic mass is 16.7. The molecule has 6 rings (SSSR count). The van der Waals surface area contributed by atoms with E-state index in [1.807, 2.05) is 0 Å². The van der Waals surface area contributed by atoms with Gasteiger partial charge in [-0.3, -0.25) is 24.3 Å². The Balaban J connectivity index is 1.50. The van der Waals surface area contributed by atoms with Crippen molar-refractivity contribution < 1.29 is 33.3 Å². The third kappa shape index (κ3) is 2.82. The van der Waals surface area contributed by atoms with Gasteiger partial charge in [-0.1, -0.05) is 0 Å². The van der Waals surface area contributed by atoms with Crippen LogP contribution >= 0.6 is 0 Å². The predicted octanol–water partition coefficient (Wildman–Crippen LogP) is -0.639. The zero-order chi connectivity index (χ0) is 25.5. The fourth-order valence-corrected chi connectivity index (χ4v) is 5.28. The van der Waals surface area contributed by atoms with Crippen molar-refractivity contribution >= 4 is 40.6 Å².